The van der Waals surface area contributed by atoms with E-state index >= 15 is 0 Å². The minimum Gasteiger partial charge on any atom is -0.312 e. The number of likely N-dealkylation sites (N-methyl/N-ethyl adjacent to an activating group) is 1. The van der Waals surface area contributed by atoms with E-state index in [9.17, 15) is 4.79 Å². The summed E-state index contributed by atoms with van der Waals surface area (Å²) in [5.74, 6) is 0. The Bertz CT molecular complexity index is 680. The molecule has 2 aromatic rings. The Labute approximate surface area is 125 Å². The largest absolute Gasteiger partial charge is 0.312 e. The van der Waals surface area contributed by atoms with Crippen LogP contribution in [-0.2, 0) is 6.54 Å². The quantitative estimate of drug-likeness (QED) is 0.938. The molecule has 21 heavy (non-hydrogen) atoms. The molecule has 0 bridgehead atoms. The summed E-state index contributed by atoms with van der Waals surface area (Å²) in [7, 11) is 1.93. The molecule has 0 spiro atoms. The zero-order valence-electron chi connectivity index (χ0n) is 13.4. The Kier molecular flexibility index (Phi) is 4.58. The van der Waals surface area contributed by atoms with E-state index in [4.69, 9.17) is 0 Å². The zero-order chi connectivity index (χ0) is 15.6. The van der Waals surface area contributed by atoms with Crippen LogP contribution in [0.2, 0.25) is 0 Å². The van der Waals surface area contributed by atoms with Gasteiger partial charge in [-0.25, -0.2) is 4.98 Å². The standard InChI is InChI=1S/C17H23N3O/c1-11-6-12(2)17(13(3)7-11)15(18-5)9-20-10-19-14(4)8-16(20)21/h6-8,10,15,18H,9H2,1-5H3. The van der Waals surface area contributed by atoms with E-state index in [-0.39, 0.29) is 11.6 Å². The molecular weight excluding hydrogens is 262 g/mol. The second kappa shape index (κ2) is 6.22. The average molecular weight is 285 g/mol. The van der Waals surface area contributed by atoms with Crippen LogP contribution in [0.1, 0.15) is 34.0 Å². The van der Waals surface area contributed by atoms with Gasteiger partial charge >= 0.3 is 0 Å². The van der Waals surface area contributed by atoms with Gasteiger partial charge in [-0.1, -0.05) is 17.7 Å². The summed E-state index contributed by atoms with van der Waals surface area (Å²) < 4.78 is 1.66. The van der Waals surface area contributed by atoms with Gasteiger partial charge in [0.05, 0.1) is 12.4 Å². The van der Waals surface area contributed by atoms with Crippen molar-refractivity contribution in [2.45, 2.75) is 40.3 Å². The predicted molar refractivity (Wildman–Crippen MR) is 85.7 cm³/mol. The molecule has 112 valence electrons. The van der Waals surface area contributed by atoms with Gasteiger partial charge in [0.2, 0.25) is 0 Å². The van der Waals surface area contributed by atoms with E-state index in [1.165, 1.54) is 22.3 Å². The van der Waals surface area contributed by atoms with Gasteiger partial charge in [0.15, 0.2) is 0 Å². The van der Waals surface area contributed by atoms with E-state index in [2.05, 4.69) is 43.2 Å². The summed E-state index contributed by atoms with van der Waals surface area (Å²) >= 11 is 0. The summed E-state index contributed by atoms with van der Waals surface area (Å²) in [5, 5.41) is 3.32. The number of nitrogens with zero attached hydrogens (tertiary/aromatic N) is 2. The Morgan fingerprint density at radius 2 is 1.76 bits per heavy atom. The van der Waals surface area contributed by atoms with Crippen molar-refractivity contribution in [3.05, 3.63) is 62.8 Å². The molecule has 2 rings (SSSR count). The number of nitrogens with one attached hydrogen (secondary N) is 1. The predicted octanol–water partition coefficient (Wildman–Crippen LogP) is 2.44. The molecule has 1 aromatic heterocycles. The first-order chi connectivity index (χ1) is 9.92. The normalized spacial score (nSPS) is 12.4. The van der Waals surface area contributed by atoms with E-state index in [0.29, 0.717) is 6.54 Å². The maximum atomic E-state index is 12.0. The van der Waals surface area contributed by atoms with Crippen molar-refractivity contribution in [1.82, 2.24) is 14.9 Å². The lowest BCUT2D eigenvalue weighted by molar-refractivity contribution is 0.482. The molecule has 0 amide bonds. The molecule has 0 fully saturated rings. The molecule has 0 aliphatic rings. The SMILES string of the molecule is CNC(Cn1cnc(C)cc1=O)c1c(C)cc(C)cc1C. The molecule has 4 heteroatoms. The number of hydrogen-bond donors (Lipinski definition) is 1. The summed E-state index contributed by atoms with van der Waals surface area (Å²) in [6.45, 7) is 8.75. The average Bonchev–Trinajstić information content (AvgIpc) is 2.39. The molecule has 1 unspecified atom stereocenters. The second-order valence-corrected chi connectivity index (χ2v) is 5.67. The first kappa shape index (κ1) is 15.4. The maximum absolute atomic E-state index is 12.0. The lowest BCUT2D eigenvalue weighted by Crippen LogP contribution is -2.29. The molecule has 1 atom stereocenters. The van der Waals surface area contributed by atoms with Crippen molar-refractivity contribution >= 4 is 0 Å². The number of hydrogen-bond acceptors (Lipinski definition) is 3. The van der Waals surface area contributed by atoms with Crippen LogP contribution in [0, 0.1) is 27.7 Å². The van der Waals surface area contributed by atoms with Crippen LogP contribution >= 0.6 is 0 Å². The highest BCUT2D eigenvalue weighted by Crippen LogP contribution is 2.24. The van der Waals surface area contributed by atoms with Crippen LogP contribution in [0.4, 0.5) is 0 Å². The minimum atomic E-state index is -0.00910. The first-order valence-corrected chi connectivity index (χ1v) is 7.20. The fourth-order valence-electron chi connectivity index (χ4n) is 2.92. The van der Waals surface area contributed by atoms with E-state index in [1.54, 1.807) is 17.0 Å². The van der Waals surface area contributed by atoms with E-state index in [0.717, 1.165) is 5.69 Å². The Morgan fingerprint density at radius 3 is 2.29 bits per heavy atom. The summed E-state index contributed by atoms with van der Waals surface area (Å²) in [5.41, 5.74) is 5.76. The molecule has 0 radical (unpaired) electrons. The van der Waals surface area contributed by atoms with Crippen molar-refractivity contribution in [3.63, 3.8) is 0 Å². The third kappa shape index (κ3) is 3.39. The lowest BCUT2D eigenvalue weighted by atomic mass is 9.94. The minimum absolute atomic E-state index is 0.00910. The van der Waals surface area contributed by atoms with Gasteiger partial charge in [-0.2, -0.15) is 0 Å². The fourth-order valence-corrected chi connectivity index (χ4v) is 2.92. The Balaban J connectivity index is 2.39. The van der Waals surface area contributed by atoms with Gasteiger partial charge in [0.1, 0.15) is 0 Å². The van der Waals surface area contributed by atoms with Gasteiger partial charge in [-0.3, -0.25) is 9.36 Å². The smallest absolute Gasteiger partial charge is 0.253 e. The van der Waals surface area contributed by atoms with Crippen molar-refractivity contribution in [3.8, 4) is 0 Å². The molecule has 0 saturated heterocycles. The molecule has 1 heterocycles. The van der Waals surface area contributed by atoms with Gasteiger partial charge < -0.3 is 5.32 Å². The van der Waals surface area contributed by atoms with Crippen molar-refractivity contribution in [2.24, 2.45) is 0 Å². The van der Waals surface area contributed by atoms with Crippen molar-refractivity contribution in [1.29, 1.82) is 0 Å². The second-order valence-electron chi connectivity index (χ2n) is 5.67. The van der Waals surface area contributed by atoms with Crippen LogP contribution < -0.4 is 10.9 Å². The van der Waals surface area contributed by atoms with E-state index < -0.39 is 0 Å². The van der Waals surface area contributed by atoms with Crippen molar-refractivity contribution < 1.29 is 0 Å². The maximum Gasteiger partial charge on any atom is 0.253 e. The summed E-state index contributed by atoms with van der Waals surface area (Å²) in [6, 6.07) is 6.03. The topological polar surface area (TPSA) is 46.9 Å². The zero-order valence-corrected chi connectivity index (χ0v) is 13.4. The molecule has 4 nitrogen and oxygen atoms in total. The molecule has 0 saturated carbocycles. The Hall–Kier alpha value is -1.94. The number of rotatable bonds is 4. The third-order valence-electron chi connectivity index (χ3n) is 3.83. The van der Waals surface area contributed by atoms with Crippen molar-refractivity contribution in [2.75, 3.05) is 7.05 Å². The molecule has 0 aliphatic carbocycles. The van der Waals surface area contributed by atoms with Crippen LogP contribution in [0.25, 0.3) is 0 Å². The Morgan fingerprint density at radius 1 is 1.14 bits per heavy atom. The van der Waals surface area contributed by atoms with Gasteiger partial charge in [-0.05, 0) is 51.4 Å². The number of aromatic nitrogens is 2. The highest BCUT2D eigenvalue weighted by Gasteiger charge is 2.16. The van der Waals surface area contributed by atoms with Crippen LogP contribution in [0.15, 0.2) is 29.3 Å². The van der Waals surface area contributed by atoms with Crippen LogP contribution in [0.3, 0.4) is 0 Å². The molecule has 1 N–H and O–H groups in total. The molecule has 1 aromatic carbocycles. The highest BCUT2D eigenvalue weighted by atomic mass is 16.1. The lowest BCUT2D eigenvalue weighted by Gasteiger charge is -2.22. The van der Waals surface area contributed by atoms with Gasteiger partial charge in [-0.15, -0.1) is 0 Å². The number of benzene rings is 1. The van der Waals surface area contributed by atoms with Gasteiger partial charge in [0, 0.05) is 18.3 Å². The van der Waals surface area contributed by atoms with Crippen LogP contribution in [0.5, 0.6) is 0 Å². The third-order valence-corrected chi connectivity index (χ3v) is 3.83. The first-order valence-electron chi connectivity index (χ1n) is 7.20. The monoisotopic (exact) mass is 285 g/mol. The molecular formula is C17H23N3O. The van der Waals surface area contributed by atoms with Crippen LogP contribution in [-0.4, -0.2) is 16.6 Å². The summed E-state index contributed by atoms with van der Waals surface area (Å²) in [6.07, 6.45) is 1.63. The summed E-state index contributed by atoms with van der Waals surface area (Å²) in [4.78, 5) is 16.3. The molecule has 0 aliphatic heterocycles. The fraction of sp³-hybridized carbons (Fsp3) is 0.412. The van der Waals surface area contributed by atoms with E-state index in [1.807, 2.05) is 14.0 Å². The number of aryl methyl sites for hydroxylation is 4. The van der Waals surface area contributed by atoms with Gasteiger partial charge in [0.25, 0.3) is 5.56 Å². The highest BCUT2D eigenvalue weighted by molar-refractivity contribution is 5.39.